The molecule has 1 aliphatic rings. The Morgan fingerprint density at radius 1 is 1.09 bits per heavy atom. The van der Waals surface area contributed by atoms with Crippen LogP contribution in [0.5, 0.6) is 0 Å². The zero-order valence-electron chi connectivity index (χ0n) is 16.7. The monoisotopic (exact) mass is 466 g/mol. The van der Waals surface area contributed by atoms with E-state index in [-0.39, 0.29) is 16.5 Å². The fourth-order valence-electron chi connectivity index (χ4n) is 3.31. The third kappa shape index (κ3) is 3.95. The second-order valence-electron chi connectivity index (χ2n) is 7.48. The molecule has 1 aliphatic carbocycles. The van der Waals surface area contributed by atoms with Gasteiger partial charge in [0.15, 0.2) is 0 Å². The molecule has 0 unspecified atom stereocenters. The Labute approximate surface area is 187 Å². The SMILES string of the molecule is O=C(Nn1cnc2scc(-c3ccccc3)c2c1=O)c1cccc(S(=O)(=O)NC2CC2)c1. The minimum atomic E-state index is -3.70. The second-order valence-corrected chi connectivity index (χ2v) is 10.1. The lowest BCUT2D eigenvalue weighted by Gasteiger charge is -2.10. The van der Waals surface area contributed by atoms with Crippen molar-refractivity contribution in [3.8, 4) is 11.1 Å². The van der Waals surface area contributed by atoms with E-state index in [2.05, 4.69) is 15.1 Å². The van der Waals surface area contributed by atoms with Crippen molar-refractivity contribution < 1.29 is 13.2 Å². The first kappa shape index (κ1) is 20.6. The molecule has 0 spiro atoms. The molecule has 32 heavy (non-hydrogen) atoms. The molecule has 1 saturated carbocycles. The van der Waals surface area contributed by atoms with Gasteiger partial charge in [-0.1, -0.05) is 36.4 Å². The first-order valence-corrected chi connectivity index (χ1v) is 12.3. The molecule has 0 radical (unpaired) electrons. The van der Waals surface area contributed by atoms with Gasteiger partial charge in [-0.05, 0) is 36.6 Å². The van der Waals surface area contributed by atoms with Crippen LogP contribution >= 0.6 is 11.3 Å². The molecule has 1 fully saturated rings. The van der Waals surface area contributed by atoms with Crippen LogP contribution in [0.3, 0.4) is 0 Å². The molecular formula is C22H18N4O4S2. The van der Waals surface area contributed by atoms with E-state index in [1.807, 2.05) is 35.7 Å². The highest BCUT2D eigenvalue weighted by atomic mass is 32.2. The maximum Gasteiger partial charge on any atom is 0.281 e. The molecule has 1 amide bonds. The Hall–Kier alpha value is -3.34. The van der Waals surface area contributed by atoms with Crippen molar-refractivity contribution >= 4 is 37.5 Å². The standard InChI is InChI=1S/C22H18N4O4S2/c27-20(15-7-4-8-17(11-15)32(29,30)25-16-9-10-16)24-26-13-23-21-19(22(26)28)18(12-31-21)14-5-2-1-3-6-14/h1-8,11-13,16,25H,9-10H2,(H,24,27). The lowest BCUT2D eigenvalue weighted by Crippen LogP contribution is -2.33. The molecule has 0 atom stereocenters. The Morgan fingerprint density at radius 3 is 2.62 bits per heavy atom. The topological polar surface area (TPSA) is 110 Å². The average molecular weight is 467 g/mol. The van der Waals surface area contributed by atoms with Gasteiger partial charge in [-0.15, -0.1) is 11.3 Å². The number of carbonyl (C=O) groups excluding carboxylic acids is 1. The van der Waals surface area contributed by atoms with Crippen LogP contribution in [0.1, 0.15) is 23.2 Å². The van der Waals surface area contributed by atoms with E-state index in [0.717, 1.165) is 28.6 Å². The second kappa shape index (κ2) is 7.97. The maximum atomic E-state index is 13.1. The van der Waals surface area contributed by atoms with Crippen molar-refractivity contribution in [2.75, 3.05) is 5.43 Å². The number of hydrogen-bond donors (Lipinski definition) is 2. The maximum absolute atomic E-state index is 13.1. The summed E-state index contributed by atoms with van der Waals surface area (Å²) in [6.07, 6.45) is 2.87. The van der Waals surface area contributed by atoms with Crippen molar-refractivity contribution in [2.24, 2.45) is 0 Å². The summed E-state index contributed by atoms with van der Waals surface area (Å²) >= 11 is 1.35. The van der Waals surface area contributed by atoms with E-state index in [4.69, 9.17) is 0 Å². The van der Waals surface area contributed by atoms with Crippen LogP contribution in [-0.2, 0) is 10.0 Å². The largest absolute Gasteiger partial charge is 0.281 e. The molecule has 4 aromatic rings. The van der Waals surface area contributed by atoms with Crippen molar-refractivity contribution in [1.29, 1.82) is 0 Å². The molecule has 2 aromatic carbocycles. The van der Waals surface area contributed by atoms with Gasteiger partial charge in [-0.2, -0.15) is 0 Å². The smallest absolute Gasteiger partial charge is 0.267 e. The molecule has 2 aromatic heterocycles. The summed E-state index contributed by atoms with van der Waals surface area (Å²) in [5.41, 5.74) is 3.83. The van der Waals surface area contributed by atoms with Crippen LogP contribution in [-0.4, -0.2) is 30.0 Å². The van der Waals surface area contributed by atoms with Gasteiger partial charge in [-0.25, -0.2) is 22.8 Å². The van der Waals surface area contributed by atoms with E-state index >= 15 is 0 Å². The molecular weight excluding hydrogens is 448 g/mol. The molecule has 10 heteroatoms. The quantitative estimate of drug-likeness (QED) is 0.454. The first-order valence-electron chi connectivity index (χ1n) is 9.90. The molecule has 0 bridgehead atoms. The number of nitrogens with one attached hydrogen (secondary N) is 2. The van der Waals surface area contributed by atoms with Crippen molar-refractivity contribution in [2.45, 2.75) is 23.8 Å². The van der Waals surface area contributed by atoms with E-state index in [1.165, 1.54) is 41.9 Å². The number of hydrogen-bond acceptors (Lipinski definition) is 6. The van der Waals surface area contributed by atoms with Crippen LogP contribution < -0.4 is 15.7 Å². The van der Waals surface area contributed by atoms with Crippen molar-refractivity contribution in [3.63, 3.8) is 0 Å². The van der Waals surface area contributed by atoms with Gasteiger partial charge in [-0.3, -0.25) is 15.0 Å². The third-order valence-corrected chi connectivity index (χ3v) is 7.51. The lowest BCUT2D eigenvalue weighted by atomic mass is 10.1. The van der Waals surface area contributed by atoms with Crippen molar-refractivity contribution in [1.82, 2.24) is 14.4 Å². The Kier molecular flexibility index (Phi) is 5.12. The molecule has 5 rings (SSSR count). The highest BCUT2D eigenvalue weighted by Gasteiger charge is 2.28. The Bertz CT molecular complexity index is 1490. The third-order valence-electron chi connectivity index (χ3n) is 5.11. The van der Waals surface area contributed by atoms with E-state index in [0.29, 0.717) is 10.2 Å². The van der Waals surface area contributed by atoms with Gasteiger partial charge in [0.05, 0.1) is 10.3 Å². The van der Waals surface area contributed by atoms with Gasteiger partial charge >= 0.3 is 0 Å². The number of aromatic nitrogens is 2. The lowest BCUT2D eigenvalue weighted by molar-refractivity contribution is 0.101. The molecule has 2 N–H and O–H groups in total. The van der Waals surface area contributed by atoms with Gasteiger partial charge in [0.2, 0.25) is 10.0 Å². The fraction of sp³-hybridized carbons (Fsp3) is 0.136. The average Bonchev–Trinajstić information content (AvgIpc) is 3.49. The number of thiophene rings is 1. The highest BCUT2D eigenvalue weighted by Crippen LogP contribution is 2.30. The van der Waals surface area contributed by atoms with Gasteiger partial charge in [0.25, 0.3) is 11.5 Å². The predicted molar refractivity (Wildman–Crippen MR) is 123 cm³/mol. The minimum absolute atomic E-state index is 0.00201. The Morgan fingerprint density at radius 2 is 1.88 bits per heavy atom. The molecule has 162 valence electrons. The number of amides is 1. The molecule has 0 aliphatic heterocycles. The molecule has 2 heterocycles. The van der Waals surface area contributed by atoms with Crippen LogP contribution in [0.25, 0.3) is 21.3 Å². The first-order chi connectivity index (χ1) is 15.4. The predicted octanol–water partition coefficient (Wildman–Crippen LogP) is 2.95. The summed E-state index contributed by atoms with van der Waals surface area (Å²) in [5.74, 6) is -0.617. The van der Waals surface area contributed by atoms with Crippen LogP contribution in [0.15, 0.2) is 76.0 Å². The van der Waals surface area contributed by atoms with E-state index in [9.17, 15) is 18.0 Å². The Balaban J connectivity index is 1.46. The number of benzene rings is 2. The number of fused-ring (bicyclic) bond motifs is 1. The van der Waals surface area contributed by atoms with Crippen LogP contribution in [0, 0.1) is 0 Å². The highest BCUT2D eigenvalue weighted by molar-refractivity contribution is 7.89. The van der Waals surface area contributed by atoms with Gasteiger partial charge < -0.3 is 0 Å². The summed E-state index contributed by atoms with van der Waals surface area (Å²) in [5, 5.41) is 2.27. The molecule has 8 nitrogen and oxygen atoms in total. The summed E-state index contributed by atoms with van der Waals surface area (Å²) in [7, 11) is -3.70. The van der Waals surface area contributed by atoms with E-state index < -0.39 is 21.5 Å². The number of nitrogens with zero attached hydrogens (tertiary/aromatic N) is 2. The van der Waals surface area contributed by atoms with E-state index in [1.54, 1.807) is 0 Å². The van der Waals surface area contributed by atoms with Gasteiger partial charge in [0, 0.05) is 22.5 Å². The fourth-order valence-corrected chi connectivity index (χ4v) is 5.57. The summed E-state index contributed by atoms with van der Waals surface area (Å²) < 4.78 is 28.5. The summed E-state index contributed by atoms with van der Waals surface area (Å²) in [6, 6.07) is 15.1. The number of sulfonamides is 1. The normalized spacial score (nSPS) is 13.9. The van der Waals surface area contributed by atoms with Crippen LogP contribution in [0.4, 0.5) is 0 Å². The van der Waals surface area contributed by atoms with Crippen molar-refractivity contribution in [3.05, 3.63) is 82.2 Å². The number of rotatable bonds is 6. The minimum Gasteiger partial charge on any atom is -0.267 e. The number of carbonyl (C=O) groups is 1. The van der Waals surface area contributed by atoms with Gasteiger partial charge in [0.1, 0.15) is 11.2 Å². The summed E-state index contributed by atoms with van der Waals surface area (Å²) in [6.45, 7) is 0. The van der Waals surface area contributed by atoms with Crippen LogP contribution in [0.2, 0.25) is 0 Å². The summed E-state index contributed by atoms with van der Waals surface area (Å²) in [4.78, 5) is 30.8. The zero-order chi connectivity index (χ0) is 22.3. The molecule has 0 saturated heterocycles. The zero-order valence-corrected chi connectivity index (χ0v) is 18.3.